The van der Waals surface area contributed by atoms with Gasteiger partial charge >= 0.3 is 0 Å². The monoisotopic (exact) mass is 315 g/mol. The lowest BCUT2D eigenvalue weighted by molar-refractivity contribution is 0.182. The quantitative estimate of drug-likeness (QED) is 0.739. The minimum Gasteiger partial charge on any atom is -0.387 e. The molecule has 0 spiro atoms. The minimum atomic E-state index is -0.454. The van der Waals surface area contributed by atoms with Crippen LogP contribution in [-0.2, 0) is 12.8 Å². The molecule has 0 saturated heterocycles. The van der Waals surface area contributed by atoms with E-state index in [1.807, 2.05) is 24.3 Å². The van der Waals surface area contributed by atoms with Crippen LogP contribution in [0.15, 0.2) is 47.8 Å². The van der Waals surface area contributed by atoms with Crippen molar-refractivity contribution in [2.24, 2.45) is 0 Å². The SMILES string of the molecule is CCc1ccc(C(O)Cc2nc(-c3ccccc3)cs2)s1. The number of hydrogen-bond donors (Lipinski definition) is 1. The number of nitrogens with zero attached hydrogens (tertiary/aromatic N) is 1. The zero-order chi connectivity index (χ0) is 14.7. The molecule has 1 atom stereocenters. The van der Waals surface area contributed by atoms with Gasteiger partial charge in [0.25, 0.3) is 0 Å². The maximum absolute atomic E-state index is 10.3. The van der Waals surface area contributed by atoms with E-state index in [1.54, 1.807) is 22.7 Å². The van der Waals surface area contributed by atoms with Gasteiger partial charge in [-0.15, -0.1) is 22.7 Å². The summed E-state index contributed by atoms with van der Waals surface area (Å²) in [6.07, 6.45) is 1.15. The van der Waals surface area contributed by atoms with Gasteiger partial charge in [-0.05, 0) is 18.6 Å². The lowest BCUT2D eigenvalue weighted by Crippen LogP contribution is -1.99. The van der Waals surface area contributed by atoms with E-state index in [-0.39, 0.29) is 0 Å². The van der Waals surface area contributed by atoms with Crippen LogP contribution in [-0.4, -0.2) is 10.1 Å². The average molecular weight is 315 g/mol. The van der Waals surface area contributed by atoms with Gasteiger partial charge in [0.2, 0.25) is 0 Å². The van der Waals surface area contributed by atoms with Crippen LogP contribution in [0.4, 0.5) is 0 Å². The van der Waals surface area contributed by atoms with Crippen LogP contribution in [0.25, 0.3) is 11.3 Å². The van der Waals surface area contributed by atoms with Crippen molar-refractivity contribution in [2.75, 3.05) is 0 Å². The highest BCUT2D eigenvalue weighted by molar-refractivity contribution is 7.12. The summed E-state index contributed by atoms with van der Waals surface area (Å²) in [7, 11) is 0. The fraction of sp³-hybridized carbons (Fsp3) is 0.235. The molecule has 0 fully saturated rings. The largest absolute Gasteiger partial charge is 0.387 e. The van der Waals surface area contributed by atoms with E-state index >= 15 is 0 Å². The molecule has 0 amide bonds. The Morgan fingerprint density at radius 1 is 1.14 bits per heavy atom. The Balaban J connectivity index is 1.72. The third kappa shape index (κ3) is 3.40. The van der Waals surface area contributed by atoms with Gasteiger partial charge in [-0.2, -0.15) is 0 Å². The highest BCUT2D eigenvalue weighted by Gasteiger charge is 2.14. The summed E-state index contributed by atoms with van der Waals surface area (Å²) in [6.45, 7) is 2.13. The van der Waals surface area contributed by atoms with Crippen LogP contribution >= 0.6 is 22.7 Å². The van der Waals surface area contributed by atoms with E-state index in [9.17, 15) is 5.11 Å². The zero-order valence-electron chi connectivity index (χ0n) is 11.8. The van der Waals surface area contributed by atoms with Crippen molar-refractivity contribution in [1.29, 1.82) is 0 Å². The molecule has 3 rings (SSSR count). The third-order valence-electron chi connectivity index (χ3n) is 3.35. The van der Waals surface area contributed by atoms with Crippen molar-refractivity contribution in [2.45, 2.75) is 25.9 Å². The Bertz CT molecular complexity index is 702. The summed E-state index contributed by atoms with van der Waals surface area (Å²) in [6, 6.07) is 14.3. The summed E-state index contributed by atoms with van der Waals surface area (Å²) >= 11 is 3.30. The fourth-order valence-electron chi connectivity index (χ4n) is 2.18. The number of thiazole rings is 1. The van der Waals surface area contributed by atoms with Crippen LogP contribution in [0.3, 0.4) is 0 Å². The summed E-state index contributed by atoms with van der Waals surface area (Å²) in [4.78, 5) is 6.98. The molecule has 1 aromatic carbocycles. The van der Waals surface area contributed by atoms with E-state index in [0.29, 0.717) is 6.42 Å². The number of hydrogen-bond acceptors (Lipinski definition) is 4. The molecule has 0 aliphatic heterocycles. The van der Waals surface area contributed by atoms with Crippen molar-refractivity contribution >= 4 is 22.7 Å². The smallest absolute Gasteiger partial charge is 0.0962 e. The molecule has 2 nitrogen and oxygen atoms in total. The highest BCUT2D eigenvalue weighted by Crippen LogP contribution is 2.29. The lowest BCUT2D eigenvalue weighted by Gasteiger charge is -2.05. The predicted molar refractivity (Wildman–Crippen MR) is 89.9 cm³/mol. The fourth-order valence-corrected chi connectivity index (χ4v) is 3.96. The molecule has 0 saturated carbocycles. The van der Waals surface area contributed by atoms with Crippen LogP contribution in [0.2, 0.25) is 0 Å². The number of aliphatic hydroxyl groups excluding tert-OH is 1. The molecule has 2 heterocycles. The van der Waals surface area contributed by atoms with E-state index < -0.39 is 6.10 Å². The van der Waals surface area contributed by atoms with Crippen molar-refractivity contribution in [3.63, 3.8) is 0 Å². The minimum absolute atomic E-state index is 0.454. The molecule has 3 aromatic rings. The second-order valence-corrected chi connectivity index (χ2v) is 7.01. The van der Waals surface area contributed by atoms with Gasteiger partial charge < -0.3 is 5.11 Å². The second kappa shape index (κ2) is 6.52. The Labute approximate surface area is 132 Å². The number of aliphatic hydroxyl groups is 1. The van der Waals surface area contributed by atoms with Crippen LogP contribution in [0.5, 0.6) is 0 Å². The summed E-state index contributed by atoms with van der Waals surface area (Å²) in [5.41, 5.74) is 2.11. The van der Waals surface area contributed by atoms with Gasteiger partial charge in [0, 0.05) is 27.1 Å². The van der Waals surface area contributed by atoms with Gasteiger partial charge in [0.05, 0.1) is 16.8 Å². The number of aryl methyl sites for hydroxylation is 1. The average Bonchev–Trinajstić information content (AvgIpc) is 3.17. The molecule has 0 aliphatic rings. The van der Waals surface area contributed by atoms with Gasteiger partial charge in [0.1, 0.15) is 0 Å². The van der Waals surface area contributed by atoms with Gasteiger partial charge in [-0.1, -0.05) is 37.3 Å². The van der Waals surface area contributed by atoms with Gasteiger partial charge in [-0.25, -0.2) is 4.98 Å². The van der Waals surface area contributed by atoms with Crippen molar-refractivity contribution in [1.82, 2.24) is 4.98 Å². The van der Waals surface area contributed by atoms with Crippen LogP contribution < -0.4 is 0 Å². The molecule has 0 aliphatic carbocycles. The zero-order valence-corrected chi connectivity index (χ0v) is 13.5. The molecule has 21 heavy (non-hydrogen) atoms. The van der Waals surface area contributed by atoms with Gasteiger partial charge in [0.15, 0.2) is 0 Å². The number of rotatable bonds is 5. The Morgan fingerprint density at radius 2 is 1.95 bits per heavy atom. The third-order valence-corrected chi connectivity index (χ3v) is 5.55. The van der Waals surface area contributed by atoms with E-state index in [0.717, 1.165) is 27.6 Å². The standard InChI is InChI=1S/C17H17NOS2/c1-2-13-8-9-16(21-13)15(19)10-17-18-14(11-20-17)12-6-4-3-5-7-12/h3-9,11,15,19H,2,10H2,1H3. The molecule has 4 heteroatoms. The molecule has 0 radical (unpaired) electrons. The number of aromatic nitrogens is 1. The van der Waals surface area contributed by atoms with Crippen molar-refractivity contribution in [3.05, 3.63) is 62.6 Å². The molecule has 0 bridgehead atoms. The summed E-state index contributed by atoms with van der Waals surface area (Å²) in [5.74, 6) is 0. The lowest BCUT2D eigenvalue weighted by atomic mass is 10.2. The number of benzene rings is 1. The maximum atomic E-state index is 10.3. The van der Waals surface area contributed by atoms with Crippen LogP contribution in [0.1, 0.15) is 27.8 Å². The normalized spacial score (nSPS) is 12.5. The van der Waals surface area contributed by atoms with E-state index in [2.05, 4.69) is 35.5 Å². The Morgan fingerprint density at radius 3 is 2.67 bits per heavy atom. The molecule has 2 aromatic heterocycles. The molecule has 1 unspecified atom stereocenters. The van der Waals surface area contributed by atoms with Crippen molar-refractivity contribution < 1.29 is 5.11 Å². The van der Waals surface area contributed by atoms with Gasteiger partial charge in [-0.3, -0.25) is 0 Å². The first kappa shape index (κ1) is 14.4. The van der Waals surface area contributed by atoms with E-state index in [4.69, 9.17) is 0 Å². The molecule has 108 valence electrons. The predicted octanol–water partition coefficient (Wildman–Crippen LogP) is 4.71. The second-order valence-electron chi connectivity index (χ2n) is 4.87. The topological polar surface area (TPSA) is 33.1 Å². The number of thiophene rings is 1. The first-order valence-corrected chi connectivity index (χ1v) is 8.72. The Hall–Kier alpha value is -1.49. The summed E-state index contributed by atoms with van der Waals surface area (Å²) in [5, 5.41) is 13.4. The van der Waals surface area contributed by atoms with Crippen molar-refractivity contribution in [3.8, 4) is 11.3 Å². The Kier molecular flexibility index (Phi) is 4.48. The highest BCUT2D eigenvalue weighted by atomic mass is 32.1. The maximum Gasteiger partial charge on any atom is 0.0962 e. The molecule has 1 N–H and O–H groups in total. The molecular formula is C17H17NOS2. The first-order valence-electron chi connectivity index (χ1n) is 7.02. The van der Waals surface area contributed by atoms with Crippen LogP contribution in [0, 0.1) is 0 Å². The first-order chi connectivity index (χ1) is 10.3. The molecular weight excluding hydrogens is 298 g/mol. The van der Waals surface area contributed by atoms with E-state index in [1.165, 1.54) is 4.88 Å². The summed E-state index contributed by atoms with van der Waals surface area (Å²) < 4.78 is 0.